The monoisotopic (exact) mass is 549 g/mol. The lowest BCUT2D eigenvalue weighted by Crippen LogP contribution is -2.53. The van der Waals surface area contributed by atoms with Crippen LogP contribution in [0.3, 0.4) is 0 Å². The first-order valence-corrected chi connectivity index (χ1v) is 13.0. The van der Waals surface area contributed by atoms with Crippen molar-refractivity contribution in [2.24, 2.45) is 17.3 Å². The maximum absolute atomic E-state index is 13.0. The summed E-state index contributed by atoms with van der Waals surface area (Å²) >= 11 is 3.98. The Bertz CT molecular complexity index is 1130. The third-order valence-electron chi connectivity index (χ3n) is 8.05. The number of aromatic nitrogens is 1. The Morgan fingerprint density at radius 2 is 1.77 bits per heavy atom. The predicted molar refractivity (Wildman–Crippen MR) is 131 cm³/mol. The quantitative estimate of drug-likeness (QED) is 0.213. The van der Waals surface area contributed by atoms with E-state index in [9.17, 15) is 18.4 Å². The molecule has 35 heavy (non-hydrogen) atoms. The van der Waals surface area contributed by atoms with Crippen LogP contribution in [0, 0.1) is 31.1 Å². The number of carbonyl (C=O) groups is 2. The van der Waals surface area contributed by atoms with Gasteiger partial charge in [0.25, 0.3) is 0 Å². The van der Waals surface area contributed by atoms with Gasteiger partial charge in [-0.1, -0.05) is 15.9 Å². The number of hydrogen-bond donors (Lipinski definition) is 0. The Morgan fingerprint density at radius 3 is 2.37 bits per heavy atom. The number of alkyl halides is 3. The number of hydrogen-bond acceptors (Lipinski definition) is 4. The van der Waals surface area contributed by atoms with Crippen LogP contribution in [0.4, 0.5) is 8.78 Å². The number of ketones is 1. The summed E-state index contributed by atoms with van der Waals surface area (Å²) in [7, 11) is 0. The molecule has 1 heterocycles. The molecule has 4 fully saturated rings. The molecule has 0 radical (unpaired) electrons. The molecule has 4 aliphatic carbocycles. The highest BCUT2D eigenvalue weighted by Gasteiger charge is 2.57. The first kappa shape index (κ1) is 24.5. The number of ether oxygens (including phenoxy) is 2. The smallest absolute Gasteiger partial charge is 0.387 e. The lowest BCUT2D eigenvalue weighted by atomic mass is 9.49. The zero-order chi connectivity index (χ0) is 25.0. The largest absolute Gasteiger partial charge is 0.457 e. The average molecular weight is 550 g/mol. The molecule has 0 aliphatic heterocycles. The summed E-state index contributed by atoms with van der Waals surface area (Å²) in [6, 6.07) is 8.02. The van der Waals surface area contributed by atoms with Crippen molar-refractivity contribution in [3.8, 4) is 11.4 Å². The standard InChI is InChI=1S/C27H30BrF2NO4/c1-16-7-22(17(2)31(16)20-3-5-21(6-4-20)35-25(29)30)23(32)14-34-24(33)13-26-9-18-8-19(10-26)12-27(28,11-18)15-26/h3-7,18-19,25H,8-15H2,1-2H3/t18-,19-,26?,27?/m0/s1. The summed E-state index contributed by atoms with van der Waals surface area (Å²) < 4.78 is 36.8. The molecule has 2 atom stereocenters. The van der Waals surface area contributed by atoms with Crippen LogP contribution in [0.2, 0.25) is 0 Å². The molecule has 5 nitrogen and oxygen atoms in total. The first-order chi connectivity index (χ1) is 16.5. The number of benzene rings is 1. The van der Waals surface area contributed by atoms with E-state index in [0.717, 1.165) is 30.6 Å². The Balaban J connectivity index is 1.23. The zero-order valence-electron chi connectivity index (χ0n) is 20.0. The van der Waals surface area contributed by atoms with Crippen LogP contribution in [-0.4, -0.2) is 33.9 Å². The van der Waals surface area contributed by atoms with Gasteiger partial charge in [-0.2, -0.15) is 8.78 Å². The zero-order valence-corrected chi connectivity index (χ0v) is 21.6. The normalized spacial score (nSPS) is 29.0. The Labute approximate surface area is 212 Å². The van der Waals surface area contributed by atoms with Crippen LogP contribution < -0.4 is 4.74 Å². The van der Waals surface area contributed by atoms with Gasteiger partial charge in [0.2, 0.25) is 5.78 Å². The van der Waals surface area contributed by atoms with Crippen molar-refractivity contribution >= 4 is 27.7 Å². The van der Waals surface area contributed by atoms with Gasteiger partial charge in [0.1, 0.15) is 5.75 Å². The van der Waals surface area contributed by atoms with Gasteiger partial charge in [-0.15, -0.1) is 0 Å². The third-order valence-corrected chi connectivity index (χ3v) is 8.97. The molecule has 0 spiro atoms. The SMILES string of the molecule is Cc1cc(C(=O)COC(=O)CC23C[C@@H]4C[C@H](CC(Br)(C4)C2)C3)c(C)n1-c1ccc(OC(F)F)cc1. The van der Waals surface area contributed by atoms with E-state index in [1.165, 1.54) is 31.4 Å². The van der Waals surface area contributed by atoms with E-state index in [-0.39, 0.29) is 33.8 Å². The molecule has 6 rings (SSSR count). The van der Waals surface area contributed by atoms with Crippen molar-refractivity contribution in [2.75, 3.05) is 6.61 Å². The Kier molecular flexibility index (Phi) is 6.31. The summed E-state index contributed by atoms with van der Waals surface area (Å²) in [6.07, 6.45) is 7.25. The van der Waals surface area contributed by atoms with E-state index in [2.05, 4.69) is 20.7 Å². The molecular weight excluding hydrogens is 520 g/mol. The summed E-state index contributed by atoms with van der Waals surface area (Å²) in [4.78, 5) is 25.8. The second-order valence-electron chi connectivity index (χ2n) is 10.9. The minimum atomic E-state index is -2.88. The molecule has 1 aromatic heterocycles. The van der Waals surface area contributed by atoms with Crippen molar-refractivity contribution in [2.45, 2.75) is 69.7 Å². The average Bonchev–Trinajstić information content (AvgIpc) is 3.04. The van der Waals surface area contributed by atoms with Gasteiger partial charge in [0.05, 0.1) is 6.42 Å². The van der Waals surface area contributed by atoms with Crippen molar-refractivity contribution in [3.05, 3.63) is 47.3 Å². The molecule has 0 amide bonds. The second-order valence-corrected chi connectivity index (χ2v) is 12.5. The number of nitrogens with zero attached hydrogens (tertiary/aromatic N) is 1. The van der Waals surface area contributed by atoms with Crippen LogP contribution in [0.15, 0.2) is 30.3 Å². The van der Waals surface area contributed by atoms with E-state index in [0.29, 0.717) is 29.5 Å². The molecule has 2 aromatic rings. The van der Waals surface area contributed by atoms with Crippen LogP contribution in [0.25, 0.3) is 5.69 Å². The van der Waals surface area contributed by atoms with Crippen molar-refractivity contribution < 1.29 is 27.8 Å². The fourth-order valence-corrected chi connectivity index (χ4v) is 8.85. The fraction of sp³-hybridized carbons (Fsp3) is 0.556. The van der Waals surface area contributed by atoms with E-state index >= 15 is 0 Å². The minimum absolute atomic E-state index is 0.00371. The molecule has 188 valence electrons. The van der Waals surface area contributed by atoms with Gasteiger partial charge in [-0.25, -0.2) is 0 Å². The van der Waals surface area contributed by atoms with Crippen LogP contribution in [0.5, 0.6) is 5.75 Å². The van der Waals surface area contributed by atoms with Gasteiger partial charge in [0, 0.05) is 27.0 Å². The summed E-state index contributed by atoms with van der Waals surface area (Å²) in [5, 5.41) is 0. The lowest BCUT2D eigenvalue weighted by Gasteiger charge is -2.60. The summed E-state index contributed by atoms with van der Waals surface area (Å²) in [6.45, 7) is 0.512. The molecule has 4 saturated carbocycles. The van der Waals surface area contributed by atoms with Gasteiger partial charge in [-0.05, 0) is 100.0 Å². The van der Waals surface area contributed by atoms with Gasteiger partial charge in [0.15, 0.2) is 6.61 Å². The summed E-state index contributed by atoms with van der Waals surface area (Å²) in [5.74, 6) is 0.898. The van der Waals surface area contributed by atoms with Crippen molar-refractivity contribution in [1.29, 1.82) is 0 Å². The maximum Gasteiger partial charge on any atom is 0.387 e. The molecule has 0 unspecified atom stereocenters. The Morgan fingerprint density at radius 1 is 1.11 bits per heavy atom. The topological polar surface area (TPSA) is 57.5 Å². The van der Waals surface area contributed by atoms with Crippen LogP contribution in [-0.2, 0) is 9.53 Å². The molecule has 0 saturated heterocycles. The van der Waals surface area contributed by atoms with Crippen molar-refractivity contribution in [3.63, 3.8) is 0 Å². The van der Waals surface area contributed by atoms with Gasteiger partial charge < -0.3 is 14.0 Å². The van der Waals surface area contributed by atoms with E-state index in [1.54, 1.807) is 18.2 Å². The highest BCUT2D eigenvalue weighted by atomic mass is 79.9. The number of aryl methyl sites for hydroxylation is 1. The second kappa shape index (κ2) is 9.02. The molecule has 4 aliphatic rings. The van der Waals surface area contributed by atoms with Crippen LogP contribution in [0.1, 0.15) is 66.7 Å². The lowest BCUT2D eigenvalue weighted by molar-refractivity contribution is -0.149. The van der Waals surface area contributed by atoms with Gasteiger partial charge >= 0.3 is 12.6 Å². The van der Waals surface area contributed by atoms with E-state index in [4.69, 9.17) is 4.74 Å². The van der Waals surface area contributed by atoms with Gasteiger partial charge in [-0.3, -0.25) is 9.59 Å². The highest BCUT2D eigenvalue weighted by molar-refractivity contribution is 9.10. The molecule has 1 aromatic carbocycles. The molecular formula is C27H30BrF2NO4. The number of halogens is 3. The van der Waals surface area contributed by atoms with Crippen molar-refractivity contribution in [1.82, 2.24) is 4.57 Å². The number of rotatable bonds is 8. The molecule has 0 N–H and O–H groups in total. The van der Waals surface area contributed by atoms with E-state index in [1.807, 2.05) is 18.4 Å². The maximum atomic E-state index is 13.0. The highest BCUT2D eigenvalue weighted by Crippen LogP contribution is 2.65. The first-order valence-electron chi connectivity index (χ1n) is 12.2. The summed E-state index contributed by atoms with van der Waals surface area (Å²) in [5.41, 5.74) is 2.73. The van der Waals surface area contributed by atoms with E-state index < -0.39 is 6.61 Å². The number of carbonyl (C=O) groups excluding carboxylic acids is 2. The Hall–Kier alpha value is -2.22. The minimum Gasteiger partial charge on any atom is -0.457 e. The number of Topliss-reactive ketones (excluding diaryl/α,β-unsaturated/α-hetero) is 1. The number of esters is 1. The fourth-order valence-electron chi connectivity index (χ4n) is 7.34. The third kappa shape index (κ3) is 4.91. The molecule has 4 bridgehead atoms. The predicted octanol–water partition coefficient (Wildman–Crippen LogP) is 6.55. The molecule has 8 heteroatoms. The van der Waals surface area contributed by atoms with Crippen LogP contribution >= 0.6 is 15.9 Å².